The first-order valence-electron chi connectivity index (χ1n) is 8.83. The molecular weight excluding hydrogens is 303 g/mol. The minimum atomic E-state index is -0.246. The van der Waals surface area contributed by atoms with Gasteiger partial charge in [-0.1, -0.05) is 13.3 Å². The maximum Gasteiger partial charge on any atom is 0.229 e. The van der Waals surface area contributed by atoms with Gasteiger partial charge in [0.25, 0.3) is 0 Å². The van der Waals surface area contributed by atoms with Gasteiger partial charge < -0.3 is 10.2 Å². The van der Waals surface area contributed by atoms with Crippen LogP contribution in [0.1, 0.15) is 45.2 Å². The third-order valence-corrected chi connectivity index (χ3v) is 4.47. The van der Waals surface area contributed by atoms with Gasteiger partial charge in [0, 0.05) is 30.0 Å². The van der Waals surface area contributed by atoms with Gasteiger partial charge in [0.2, 0.25) is 5.95 Å². The summed E-state index contributed by atoms with van der Waals surface area (Å²) < 4.78 is 13.1. The summed E-state index contributed by atoms with van der Waals surface area (Å²) >= 11 is 0. The molecule has 1 aromatic heterocycles. The zero-order valence-corrected chi connectivity index (χ0v) is 14.4. The second kappa shape index (κ2) is 7.60. The number of anilines is 3. The lowest BCUT2D eigenvalue weighted by atomic mass is 10.0. The Morgan fingerprint density at radius 1 is 1.21 bits per heavy atom. The van der Waals surface area contributed by atoms with E-state index >= 15 is 0 Å². The molecule has 0 radical (unpaired) electrons. The molecule has 1 unspecified atom stereocenters. The van der Waals surface area contributed by atoms with Crippen LogP contribution >= 0.6 is 0 Å². The van der Waals surface area contributed by atoms with Gasteiger partial charge in [-0.25, -0.2) is 9.37 Å². The Morgan fingerprint density at radius 3 is 2.71 bits per heavy atom. The van der Waals surface area contributed by atoms with Crippen molar-refractivity contribution in [2.45, 2.75) is 52.0 Å². The normalized spacial score (nSPS) is 17.8. The molecular formula is C19H25FN4. The molecule has 1 aromatic carbocycles. The van der Waals surface area contributed by atoms with Crippen molar-refractivity contribution in [1.29, 1.82) is 0 Å². The number of halogens is 1. The Bertz CT molecular complexity index is 672. The van der Waals surface area contributed by atoms with Crippen LogP contribution in [0.2, 0.25) is 0 Å². The van der Waals surface area contributed by atoms with E-state index in [1.165, 1.54) is 31.4 Å². The molecule has 3 rings (SSSR count). The number of rotatable bonds is 5. The van der Waals surface area contributed by atoms with Crippen molar-refractivity contribution in [1.82, 2.24) is 9.97 Å². The number of aryl methyl sites for hydroxylation is 1. The van der Waals surface area contributed by atoms with Gasteiger partial charge in [-0.2, -0.15) is 4.98 Å². The topological polar surface area (TPSA) is 41.1 Å². The number of piperidine rings is 1. The molecule has 128 valence electrons. The van der Waals surface area contributed by atoms with Crippen molar-refractivity contribution in [3.8, 4) is 0 Å². The highest BCUT2D eigenvalue weighted by molar-refractivity contribution is 5.56. The van der Waals surface area contributed by atoms with Crippen LogP contribution in [-0.4, -0.2) is 22.6 Å². The SMILES string of the molecule is CCCc1cc(N2CCCCC2C)nc(Nc2ccc(F)cc2)n1. The van der Waals surface area contributed by atoms with E-state index in [2.05, 4.69) is 35.1 Å². The molecule has 2 heterocycles. The van der Waals surface area contributed by atoms with Crippen molar-refractivity contribution in [3.05, 3.63) is 41.8 Å². The Hall–Kier alpha value is -2.17. The van der Waals surface area contributed by atoms with E-state index in [1.54, 1.807) is 12.1 Å². The van der Waals surface area contributed by atoms with Crippen molar-refractivity contribution in [2.24, 2.45) is 0 Å². The molecule has 0 amide bonds. The zero-order chi connectivity index (χ0) is 16.9. The molecule has 0 aliphatic carbocycles. The lowest BCUT2D eigenvalue weighted by Gasteiger charge is -2.34. The first-order valence-corrected chi connectivity index (χ1v) is 8.83. The highest BCUT2D eigenvalue weighted by Gasteiger charge is 2.21. The van der Waals surface area contributed by atoms with Crippen LogP contribution in [0.25, 0.3) is 0 Å². The van der Waals surface area contributed by atoms with Crippen molar-refractivity contribution in [2.75, 3.05) is 16.8 Å². The number of nitrogens with zero attached hydrogens (tertiary/aromatic N) is 3. The first kappa shape index (κ1) is 16.7. The quantitative estimate of drug-likeness (QED) is 0.864. The standard InChI is InChI=1S/C19H25FN4/c1-3-6-17-13-18(24-12-5-4-7-14(24)2)23-19(22-17)21-16-10-8-15(20)9-11-16/h8-11,13-14H,3-7,12H2,1-2H3,(H,21,22,23). The molecule has 1 fully saturated rings. The maximum absolute atomic E-state index is 13.1. The van der Waals surface area contributed by atoms with Gasteiger partial charge in [0.05, 0.1) is 0 Å². The average molecular weight is 328 g/mol. The predicted molar refractivity (Wildman–Crippen MR) is 96.4 cm³/mol. The molecule has 1 aliphatic rings. The molecule has 24 heavy (non-hydrogen) atoms. The van der Waals surface area contributed by atoms with Crippen LogP contribution in [0.15, 0.2) is 30.3 Å². The maximum atomic E-state index is 13.1. The highest BCUT2D eigenvalue weighted by Crippen LogP contribution is 2.25. The number of nitrogens with one attached hydrogen (secondary N) is 1. The van der Waals surface area contributed by atoms with E-state index in [4.69, 9.17) is 4.98 Å². The minimum Gasteiger partial charge on any atom is -0.354 e. The minimum absolute atomic E-state index is 0.246. The van der Waals surface area contributed by atoms with Gasteiger partial charge >= 0.3 is 0 Å². The van der Waals surface area contributed by atoms with Crippen molar-refractivity contribution in [3.63, 3.8) is 0 Å². The summed E-state index contributed by atoms with van der Waals surface area (Å²) in [6.07, 6.45) is 5.66. The van der Waals surface area contributed by atoms with Crippen LogP contribution in [0.5, 0.6) is 0 Å². The molecule has 4 nitrogen and oxygen atoms in total. The van der Waals surface area contributed by atoms with E-state index < -0.39 is 0 Å². The molecule has 0 spiro atoms. The van der Waals surface area contributed by atoms with Gasteiger partial charge in [-0.05, 0) is 56.9 Å². The second-order valence-corrected chi connectivity index (χ2v) is 6.46. The number of benzene rings is 1. The lowest BCUT2D eigenvalue weighted by molar-refractivity contribution is 0.481. The fourth-order valence-corrected chi connectivity index (χ4v) is 3.17. The molecule has 0 bridgehead atoms. The van der Waals surface area contributed by atoms with Crippen molar-refractivity contribution < 1.29 is 4.39 Å². The summed E-state index contributed by atoms with van der Waals surface area (Å²) in [4.78, 5) is 11.7. The van der Waals surface area contributed by atoms with E-state index in [-0.39, 0.29) is 5.82 Å². The van der Waals surface area contributed by atoms with E-state index in [1.807, 2.05) is 0 Å². The summed E-state index contributed by atoms with van der Waals surface area (Å²) in [6, 6.07) is 8.89. The van der Waals surface area contributed by atoms with E-state index in [0.29, 0.717) is 12.0 Å². The fourth-order valence-electron chi connectivity index (χ4n) is 3.17. The van der Waals surface area contributed by atoms with Crippen LogP contribution in [0.3, 0.4) is 0 Å². The summed E-state index contributed by atoms with van der Waals surface area (Å²) in [5.41, 5.74) is 1.84. The first-order chi connectivity index (χ1) is 11.7. The van der Waals surface area contributed by atoms with Crippen LogP contribution < -0.4 is 10.2 Å². The Balaban J connectivity index is 1.88. The van der Waals surface area contributed by atoms with Gasteiger partial charge in [-0.3, -0.25) is 0 Å². The summed E-state index contributed by atoms with van der Waals surface area (Å²) in [7, 11) is 0. The largest absolute Gasteiger partial charge is 0.354 e. The third-order valence-electron chi connectivity index (χ3n) is 4.47. The van der Waals surface area contributed by atoms with Crippen molar-refractivity contribution >= 4 is 17.5 Å². The monoisotopic (exact) mass is 328 g/mol. The number of aromatic nitrogens is 2. The molecule has 5 heteroatoms. The molecule has 1 aliphatic heterocycles. The number of hydrogen-bond acceptors (Lipinski definition) is 4. The molecule has 0 saturated carbocycles. The van der Waals surface area contributed by atoms with Gasteiger partial charge in [0.1, 0.15) is 11.6 Å². The molecule has 1 saturated heterocycles. The molecule has 1 atom stereocenters. The summed E-state index contributed by atoms with van der Waals surface area (Å²) in [6.45, 7) is 5.45. The summed E-state index contributed by atoms with van der Waals surface area (Å²) in [5.74, 6) is 1.33. The Morgan fingerprint density at radius 2 is 2.00 bits per heavy atom. The fraction of sp³-hybridized carbons (Fsp3) is 0.474. The van der Waals surface area contributed by atoms with Gasteiger partial charge in [0.15, 0.2) is 0 Å². The van der Waals surface area contributed by atoms with Gasteiger partial charge in [-0.15, -0.1) is 0 Å². The van der Waals surface area contributed by atoms with Crippen LogP contribution in [0.4, 0.5) is 21.8 Å². The lowest BCUT2D eigenvalue weighted by Crippen LogP contribution is -2.38. The Labute approximate surface area is 143 Å². The third kappa shape index (κ3) is 4.02. The zero-order valence-electron chi connectivity index (χ0n) is 14.4. The Kier molecular flexibility index (Phi) is 5.28. The van der Waals surface area contributed by atoms with Crippen LogP contribution in [-0.2, 0) is 6.42 Å². The van der Waals surface area contributed by atoms with E-state index in [9.17, 15) is 4.39 Å². The summed E-state index contributed by atoms with van der Waals surface area (Å²) in [5, 5.41) is 3.21. The molecule has 2 aromatic rings. The predicted octanol–water partition coefficient (Wildman–Crippen LogP) is 4.69. The van der Waals surface area contributed by atoms with E-state index in [0.717, 1.165) is 36.6 Å². The second-order valence-electron chi connectivity index (χ2n) is 6.46. The van der Waals surface area contributed by atoms with Crippen LogP contribution in [0, 0.1) is 5.82 Å². The molecule has 1 N–H and O–H groups in total. The highest BCUT2D eigenvalue weighted by atomic mass is 19.1. The average Bonchev–Trinajstić information content (AvgIpc) is 2.57. The number of hydrogen-bond donors (Lipinski definition) is 1. The smallest absolute Gasteiger partial charge is 0.229 e.